The zero-order valence-corrected chi connectivity index (χ0v) is 24.4. The van der Waals surface area contributed by atoms with E-state index in [4.69, 9.17) is 4.74 Å². The van der Waals surface area contributed by atoms with Crippen molar-refractivity contribution in [1.82, 2.24) is 19.4 Å². The van der Waals surface area contributed by atoms with Crippen LogP contribution in [-0.2, 0) is 27.1 Å². The summed E-state index contributed by atoms with van der Waals surface area (Å²) in [5.74, 6) is 0.248. The molecule has 2 amide bonds. The second-order valence-electron chi connectivity index (χ2n) is 10.2. The Bertz CT molecular complexity index is 1140. The quantitative estimate of drug-likeness (QED) is 0.403. The Labute approximate surface area is 229 Å². The number of aryl methyl sites for hydroxylation is 2. The molecular formula is C28H41N5O4S. The fourth-order valence-corrected chi connectivity index (χ4v) is 5.90. The minimum atomic E-state index is -1.53. The third-order valence-electron chi connectivity index (χ3n) is 6.93. The smallest absolute Gasteiger partial charge is 0.242 e. The molecule has 0 saturated heterocycles. The molecule has 2 aromatic rings. The zero-order chi connectivity index (χ0) is 28.0. The van der Waals surface area contributed by atoms with Gasteiger partial charge in [-0.05, 0) is 81.7 Å². The second kappa shape index (κ2) is 12.7. The standard InChI is InChI=1S/C28H41N5O4S/c1-20-16-24(37-7)17-21(2)26(20)38(36)33(6)28(12-13-28)27(35)30-18-25(34)32(5)19-22-8-10-23(11-9-22)29-14-15-31(3)4/h8-11,16-17,29H,12-15,18-19H2,1-7H3,(H,30,35). The maximum atomic E-state index is 13.5. The van der Waals surface area contributed by atoms with Crippen molar-refractivity contribution in [2.24, 2.45) is 0 Å². The number of anilines is 1. The molecule has 3 rings (SSSR count). The number of amides is 2. The molecule has 1 aliphatic carbocycles. The number of rotatable bonds is 13. The molecule has 0 heterocycles. The Morgan fingerprint density at radius 2 is 1.63 bits per heavy atom. The SMILES string of the molecule is COc1cc(C)c(S(=O)N(C)C2(C(=O)NCC(=O)N(C)Cc3ccc(NCCN(C)C)cc3)CC2)c(C)c1. The summed E-state index contributed by atoms with van der Waals surface area (Å²) in [4.78, 5) is 30.3. The van der Waals surface area contributed by atoms with Gasteiger partial charge >= 0.3 is 0 Å². The number of nitrogens with one attached hydrogen (secondary N) is 2. The zero-order valence-electron chi connectivity index (χ0n) is 23.6. The van der Waals surface area contributed by atoms with Crippen LogP contribution in [0.25, 0.3) is 0 Å². The molecule has 1 saturated carbocycles. The van der Waals surface area contributed by atoms with E-state index in [2.05, 4.69) is 15.5 Å². The van der Waals surface area contributed by atoms with Gasteiger partial charge in [0.1, 0.15) is 22.3 Å². The number of carbonyl (C=O) groups is 2. The average Bonchev–Trinajstić information content (AvgIpc) is 3.69. The van der Waals surface area contributed by atoms with E-state index in [1.165, 1.54) is 0 Å². The van der Waals surface area contributed by atoms with Crippen molar-refractivity contribution < 1.29 is 18.5 Å². The van der Waals surface area contributed by atoms with Crippen molar-refractivity contribution in [3.63, 3.8) is 0 Å². The van der Waals surface area contributed by atoms with Crippen molar-refractivity contribution in [2.45, 2.75) is 43.7 Å². The molecular weight excluding hydrogens is 502 g/mol. The molecule has 0 radical (unpaired) electrons. The lowest BCUT2D eigenvalue weighted by Crippen LogP contribution is -2.50. The number of benzene rings is 2. The Morgan fingerprint density at radius 1 is 1.03 bits per heavy atom. The van der Waals surface area contributed by atoms with E-state index >= 15 is 0 Å². The second-order valence-corrected chi connectivity index (χ2v) is 11.7. The van der Waals surface area contributed by atoms with Gasteiger partial charge in [-0.2, -0.15) is 0 Å². The van der Waals surface area contributed by atoms with Crippen molar-refractivity contribution in [1.29, 1.82) is 0 Å². The van der Waals surface area contributed by atoms with Crippen LogP contribution in [0.1, 0.15) is 29.5 Å². The molecule has 9 nitrogen and oxygen atoms in total. The van der Waals surface area contributed by atoms with Crippen molar-refractivity contribution in [2.75, 3.05) is 60.3 Å². The summed E-state index contributed by atoms with van der Waals surface area (Å²) < 4.78 is 20.4. The summed E-state index contributed by atoms with van der Waals surface area (Å²) in [6.45, 7) is 5.91. The first-order valence-electron chi connectivity index (χ1n) is 12.8. The van der Waals surface area contributed by atoms with Gasteiger partial charge in [0.25, 0.3) is 0 Å². The lowest BCUT2D eigenvalue weighted by molar-refractivity contribution is -0.133. The monoisotopic (exact) mass is 543 g/mol. The van der Waals surface area contributed by atoms with Gasteiger partial charge in [0.2, 0.25) is 11.8 Å². The Morgan fingerprint density at radius 3 is 2.16 bits per heavy atom. The molecule has 0 spiro atoms. The van der Waals surface area contributed by atoms with E-state index < -0.39 is 16.5 Å². The van der Waals surface area contributed by atoms with E-state index in [1.807, 2.05) is 64.3 Å². The van der Waals surface area contributed by atoms with E-state index in [0.717, 1.165) is 35.5 Å². The van der Waals surface area contributed by atoms with Crippen molar-refractivity contribution in [3.05, 3.63) is 53.1 Å². The number of methoxy groups -OCH3 is 1. The predicted octanol–water partition coefficient (Wildman–Crippen LogP) is 2.55. The molecule has 1 aliphatic rings. The average molecular weight is 544 g/mol. The van der Waals surface area contributed by atoms with Crippen LogP contribution >= 0.6 is 0 Å². The summed E-state index contributed by atoms with van der Waals surface area (Å²) in [6.07, 6.45) is 1.18. The molecule has 1 atom stereocenters. The summed E-state index contributed by atoms with van der Waals surface area (Å²) in [5.41, 5.74) is 2.85. The van der Waals surface area contributed by atoms with Gasteiger partial charge in [-0.3, -0.25) is 9.59 Å². The normalized spacial score (nSPS) is 14.8. The van der Waals surface area contributed by atoms with Crippen LogP contribution in [0.5, 0.6) is 5.75 Å². The topological polar surface area (TPSA) is 94.2 Å². The third-order valence-corrected chi connectivity index (χ3v) is 8.77. The molecule has 0 bridgehead atoms. The van der Waals surface area contributed by atoms with Gasteiger partial charge in [-0.25, -0.2) is 8.51 Å². The first kappa shape index (κ1) is 29.6. The first-order chi connectivity index (χ1) is 18.0. The minimum Gasteiger partial charge on any atom is -0.497 e. The maximum absolute atomic E-state index is 13.5. The van der Waals surface area contributed by atoms with E-state index in [0.29, 0.717) is 30.0 Å². The van der Waals surface area contributed by atoms with Gasteiger partial charge in [0, 0.05) is 39.4 Å². The number of hydrogen-bond acceptors (Lipinski definition) is 6. The molecule has 0 aliphatic heterocycles. The number of nitrogens with zero attached hydrogens (tertiary/aromatic N) is 3. The summed E-state index contributed by atoms with van der Waals surface area (Å²) in [5, 5.41) is 6.16. The van der Waals surface area contributed by atoms with Gasteiger partial charge in [-0.1, -0.05) is 12.1 Å². The molecule has 1 unspecified atom stereocenters. The predicted molar refractivity (Wildman–Crippen MR) is 152 cm³/mol. The van der Waals surface area contributed by atoms with Gasteiger partial charge in [0.05, 0.1) is 18.6 Å². The van der Waals surface area contributed by atoms with Gasteiger partial charge < -0.3 is 25.2 Å². The van der Waals surface area contributed by atoms with Crippen LogP contribution in [-0.4, -0.2) is 90.6 Å². The van der Waals surface area contributed by atoms with Crippen LogP contribution in [0.15, 0.2) is 41.3 Å². The minimum absolute atomic E-state index is 0.109. The first-order valence-corrected chi connectivity index (χ1v) is 13.9. The molecule has 2 aromatic carbocycles. The molecule has 0 aromatic heterocycles. The van der Waals surface area contributed by atoms with Crippen LogP contribution in [0.2, 0.25) is 0 Å². The summed E-state index contributed by atoms with van der Waals surface area (Å²) >= 11 is 0. The van der Waals surface area contributed by atoms with Crippen LogP contribution in [0.4, 0.5) is 5.69 Å². The highest BCUT2D eigenvalue weighted by atomic mass is 32.2. The van der Waals surface area contributed by atoms with E-state index in [-0.39, 0.29) is 18.4 Å². The Kier molecular flexibility index (Phi) is 9.92. The van der Waals surface area contributed by atoms with E-state index in [1.54, 1.807) is 30.4 Å². The van der Waals surface area contributed by atoms with Crippen molar-refractivity contribution in [3.8, 4) is 5.75 Å². The molecule has 38 heavy (non-hydrogen) atoms. The van der Waals surface area contributed by atoms with E-state index in [9.17, 15) is 13.8 Å². The van der Waals surface area contributed by atoms with Crippen LogP contribution < -0.4 is 15.4 Å². The summed E-state index contributed by atoms with van der Waals surface area (Å²) in [6, 6.07) is 11.7. The molecule has 208 valence electrons. The molecule has 2 N–H and O–H groups in total. The molecule has 1 fully saturated rings. The highest BCUT2D eigenvalue weighted by molar-refractivity contribution is 7.82. The summed E-state index contributed by atoms with van der Waals surface area (Å²) in [7, 11) is 7.57. The van der Waals surface area contributed by atoms with Crippen LogP contribution in [0, 0.1) is 13.8 Å². The number of carbonyl (C=O) groups excluding carboxylic acids is 2. The lowest BCUT2D eigenvalue weighted by Gasteiger charge is -2.27. The Balaban J connectivity index is 1.53. The highest BCUT2D eigenvalue weighted by Gasteiger charge is 2.55. The van der Waals surface area contributed by atoms with Crippen molar-refractivity contribution >= 4 is 28.5 Å². The van der Waals surface area contributed by atoms with Gasteiger partial charge in [0.15, 0.2) is 0 Å². The molecule has 10 heteroatoms. The lowest BCUT2D eigenvalue weighted by atomic mass is 10.1. The van der Waals surface area contributed by atoms with Crippen LogP contribution in [0.3, 0.4) is 0 Å². The number of likely N-dealkylation sites (N-methyl/N-ethyl adjacent to an activating group) is 3. The largest absolute Gasteiger partial charge is 0.497 e. The maximum Gasteiger partial charge on any atom is 0.242 e. The fraction of sp³-hybridized carbons (Fsp3) is 0.500. The fourth-order valence-electron chi connectivity index (χ4n) is 4.37. The van der Waals surface area contributed by atoms with Gasteiger partial charge in [-0.15, -0.1) is 0 Å². The third kappa shape index (κ3) is 7.12. The highest BCUT2D eigenvalue weighted by Crippen LogP contribution is 2.43. The Hall–Kier alpha value is -2.95. The number of hydrogen-bond donors (Lipinski definition) is 2. The number of ether oxygens (including phenoxy) is 1.